The zero-order valence-electron chi connectivity index (χ0n) is 16.9. The molecule has 0 saturated heterocycles. The van der Waals surface area contributed by atoms with Crippen LogP contribution in [-0.2, 0) is 14.8 Å². The number of aliphatic imine (C=N–C) groups is 1. The lowest BCUT2D eigenvalue weighted by Gasteiger charge is -2.21. The van der Waals surface area contributed by atoms with Crippen molar-refractivity contribution in [2.75, 3.05) is 0 Å². The van der Waals surface area contributed by atoms with Crippen LogP contribution in [0.5, 0.6) is 0 Å². The lowest BCUT2D eigenvalue weighted by Crippen LogP contribution is -2.38. The molecule has 3 N–H and O–H groups in total. The third-order valence-electron chi connectivity index (χ3n) is 5.03. The number of amides is 1. The van der Waals surface area contributed by atoms with Crippen molar-refractivity contribution in [3.8, 4) is 0 Å². The molecule has 3 aromatic rings. The van der Waals surface area contributed by atoms with Crippen molar-refractivity contribution in [3.63, 3.8) is 0 Å². The highest BCUT2D eigenvalue weighted by Crippen LogP contribution is 2.24. The monoisotopic (exact) mass is 425 g/mol. The molecule has 0 saturated carbocycles. The number of aromatic nitrogens is 2. The fourth-order valence-electron chi connectivity index (χ4n) is 3.43. The van der Waals surface area contributed by atoms with Crippen molar-refractivity contribution in [1.82, 2.24) is 20.0 Å². The zero-order valence-corrected chi connectivity index (χ0v) is 17.7. The van der Waals surface area contributed by atoms with E-state index >= 15 is 0 Å². The first kappa shape index (κ1) is 20.1. The van der Waals surface area contributed by atoms with E-state index in [4.69, 9.17) is 0 Å². The topological polar surface area (TPSA) is 116 Å². The first-order valence-corrected chi connectivity index (χ1v) is 11.2. The molecule has 1 amide bonds. The molecule has 0 fully saturated rings. The SMILES string of the molecule is CC(C)C(NC(=O)[C@H](C)N=C1NS(=O)(=O)c2ccccc21)c1nc2ccccc2[nH]1. The highest BCUT2D eigenvalue weighted by Gasteiger charge is 2.31. The van der Waals surface area contributed by atoms with Crippen LogP contribution >= 0.6 is 0 Å². The van der Waals surface area contributed by atoms with Gasteiger partial charge in [0, 0.05) is 5.56 Å². The highest BCUT2D eigenvalue weighted by atomic mass is 32.2. The summed E-state index contributed by atoms with van der Waals surface area (Å²) in [6.45, 7) is 5.62. The maximum Gasteiger partial charge on any atom is 0.263 e. The largest absolute Gasteiger partial charge is 0.344 e. The van der Waals surface area contributed by atoms with Gasteiger partial charge >= 0.3 is 0 Å². The van der Waals surface area contributed by atoms with Crippen LogP contribution in [0.2, 0.25) is 0 Å². The summed E-state index contributed by atoms with van der Waals surface area (Å²) >= 11 is 0. The quantitative estimate of drug-likeness (QED) is 0.582. The van der Waals surface area contributed by atoms with Crippen LogP contribution in [0.3, 0.4) is 0 Å². The summed E-state index contributed by atoms with van der Waals surface area (Å²) < 4.78 is 26.9. The maximum absolute atomic E-state index is 12.9. The number of carbonyl (C=O) groups excluding carboxylic acids is 1. The van der Waals surface area contributed by atoms with Crippen LogP contribution in [-0.4, -0.2) is 36.2 Å². The summed E-state index contributed by atoms with van der Waals surface area (Å²) in [6, 6.07) is 13.1. The molecule has 30 heavy (non-hydrogen) atoms. The number of hydrogen-bond acceptors (Lipinski definition) is 5. The number of carbonyl (C=O) groups is 1. The van der Waals surface area contributed by atoms with Crippen molar-refractivity contribution >= 4 is 32.8 Å². The minimum absolute atomic E-state index is 0.0834. The van der Waals surface area contributed by atoms with Crippen molar-refractivity contribution in [2.45, 2.75) is 37.8 Å². The van der Waals surface area contributed by atoms with Gasteiger partial charge in [-0.25, -0.2) is 13.4 Å². The Morgan fingerprint density at radius 2 is 1.77 bits per heavy atom. The molecule has 0 bridgehead atoms. The molecule has 2 heterocycles. The Hall–Kier alpha value is -3.20. The van der Waals surface area contributed by atoms with Gasteiger partial charge in [0.15, 0.2) is 0 Å². The van der Waals surface area contributed by atoms with Gasteiger partial charge in [0.2, 0.25) is 5.91 Å². The molecule has 1 aliphatic heterocycles. The van der Waals surface area contributed by atoms with E-state index in [0.29, 0.717) is 11.4 Å². The van der Waals surface area contributed by atoms with Gasteiger partial charge in [-0.3, -0.25) is 14.5 Å². The molecule has 0 spiro atoms. The molecule has 156 valence electrons. The fraction of sp³-hybridized carbons (Fsp3) is 0.286. The predicted molar refractivity (Wildman–Crippen MR) is 115 cm³/mol. The lowest BCUT2D eigenvalue weighted by molar-refractivity contribution is -0.123. The molecule has 2 atom stereocenters. The lowest BCUT2D eigenvalue weighted by atomic mass is 10.0. The van der Waals surface area contributed by atoms with E-state index in [1.165, 1.54) is 6.07 Å². The van der Waals surface area contributed by atoms with Crippen LogP contribution in [0.15, 0.2) is 58.4 Å². The van der Waals surface area contributed by atoms with Gasteiger partial charge in [-0.2, -0.15) is 0 Å². The first-order chi connectivity index (χ1) is 14.3. The second kappa shape index (κ2) is 7.56. The number of benzene rings is 2. The summed E-state index contributed by atoms with van der Waals surface area (Å²) in [4.78, 5) is 25.2. The van der Waals surface area contributed by atoms with E-state index < -0.39 is 16.1 Å². The Morgan fingerprint density at radius 3 is 2.50 bits per heavy atom. The zero-order chi connectivity index (χ0) is 21.5. The molecule has 1 unspecified atom stereocenters. The van der Waals surface area contributed by atoms with Crippen molar-refractivity contribution in [2.24, 2.45) is 10.9 Å². The van der Waals surface area contributed by atoms with E-state index in [0.717, 1.165) is 11.0 Å². The Labute approximate surface area is 174 Å². The summed E-state index contributed by atoms with van der Waals surface area (Å²) in [5.74, 6) is 0.620. The smallest absolute Gasteiger partial charge is 0.263 e. The normalized spacial score (nSPS) is 18.2. The third-order valence-corrected chi connectivity index (χ3v) is 6.43. The van der Waals surface area contributed by atoms with Gasteiger partial charge in [0.05, 0.1) is 22.0 Å². The Bertz CT molecular complexity index is 1210. The number of H-pyrrole nitrogens is 1. The number of para-hydroxylation sites is 2. The number of nitrogens with zero attached hydrogens (tertiary/aromatic N) is 2. The van der Waals surface area contributed by atoms with Gasteiger partial charge in [-0.15, -0.1) is 0 Å². The first-order valence-electron chi connectivity index (χ1n) is 9.71. The number of sulfonamides is 1. The van der Waals surface area contributed by atoms with Crippen molar-refractivity contribution in [1.29, 1.82) is 0 Å². The molecular weight excluding hydrogens is 402 g/mol. The van der Waals surface area contributed by atoms with Gasteiger partial charge in [-0.1, -0.05) is 38.1 Å². The third kappa shape index (κ3) is 3.68. The van der Waals surface area contributed by atoms with Gasteiger partial charge in [-0.05, 0) is 37.1 Å². The molecule has 0 aliphatic carbocycles. The second-order valence-corrected chi connectivity index (χ2v) is 9.28. The van der Waals surface area contributed by atoms with Gasteiger partial charge in [0.25, 0.3) is 10.0 Å². The maximum atomic E-state index is 12.9. The summed E-state index contributed by atoms with van der Waals surface area (Å²) in [7, 11) is -3.65. The number of fused-ring (bicyclic) bond motifs is 2. The van der Waals surface area contributed by atoms with Gasteiger partial charge < -0.3 is 10.3 Å². The number of imidazole rings is 1. The van der Waals surface area contributed by atoms with Crippen LogP contribution in [0, 0.1) is 5.92 Å². The second-order valence-electron chi connectivity index (χ2n) is 7.62. The summed E-state index contributed by atoms with van der Waals surface area (Å²) in [6.07, 6.45) is 0. The molecule has 4 rings (SSSR count). The van der Waals surface area contributed by atoms with Crippen LogP contribution in [0.4, 0.5) is 0 Å². The Balaban J connectivity index is 1.57. The standard InChI is InChI=1S/C21H23N5O3S/c1-12(2)18(20-23-15-9-5-6-10-16(15)24-20)25-21(27)13(3)22-19-14-8-4-7-11-17(14)30(28,29)26-19/h4-13,18H,1-3H3,(H,22,26)(H,23,24)(H,25,27)/t13-,18?/m0/s1. The van der Waals surface area contributed by atoms with E-state index in [-0.39, 0.29) is 28.6 Å². The van der Waals surface area contributed by atoms with Crippen LogP contribution < -0.4 is 10.0 Å². The number of aromatic amines is 1. The molecule has 2 aromatic carbocycles. The molecule has 9 heteroatoms. The van der Waals surface area contributed by atoms with Crippen LogP contribution in [0.25, 0.3) is 11.0 Å². The number of nitrogens with one attached hydrogen (secondary N) is 3. The highest BCUT2D eigenvalue weighted by molar-refractivity contribution is 7.90. The number of amidine groups is 1. The minimum atomic E-state index is -3.65. The molecule has 0 radical (unpaired) electrons. The van der Waals surface area contributed by atoms with E-state index in [1.807, 2.05) is 38.1 Å². The van der Waals surface area contributed by atoms with E-state index in [2.05, 4.69) is 25.0 Å². The molecular formula is C21H23N5O3S. The van der Waals surface area contributed by atoms with Crippen molar-refractivity contribution in [3.05, 3.63) is 59.9 Å². The molecule has 8 nitrogen and oxygen atoms in total. The van der Waals surface area contributed by atoms with Crippen molar-refractivity contribution < 1.29 is 13.2 Å². The van der Waals surface area contributed by atoms with E-state index in [9.17, 15) is 13.2 Å². The molecule has 1 aromatic heterocycles. The minimum Gasteiger partial charge on any atom is -0.344 e. The average Bonchev–Trinajstić information content (AvgIpc) is 3.24. The average molecular weight is 426 g/mol. The Kier molecular flexibility index (Phi) is 5.07. The number of hydrogen-bond donors (Lipinski definition) is 3. The summed E-state index contributed by atoms with van der Waals surface area (Å²) in [5, 5.41) is 3.00. The summed E-state index contributed by atoms with van der Waals surface area (Å²) in [5.41, 5.74) is 2.20. The fourth-order valence-corrected chi connectivity index (χ4v) is 4.67. The Morgan fingerprint density at radius 1 is 1.07 bits per heavy atom. The predicted octanol–water partition coefficient (Wildman–Crippen LogP) is 2.50. The van der Waals surface area contributed by atoms with Crippen LogP contribution in [0.1, 0.15) is 38.2 Å². The van der Waals surface area contributed by atoms with E-state index in [1.54, 1.807) is 25.1 Å². The van der Waals surface area contributed by atoms with Gasteiger partial charge in [0.1, 0.15) is 17.7 Å². The number of rotatable bonds is 5. The molecule has 1 aliphatic rings.